The quantitative estimate of drug-likeness (QED) is 0.423. The Kier molecular flexibility index (Phi) is 6.76. The van der Waals surface area contributed by atoms with Crippen LogP contribution in [0.4, 0.5) is 11.4 Å². The van der Waals surface area contributed by atoms with Crippen molar-refractivity contribution >= 4 is 79.3 Å². The smallest absolute Gasteiger partial charge is 0.182 e. The zero-order chi connectivity index (χ0) is 17.5. The van der Waals surface area contributed by atoms with E-state index in [1.807, 2.05) is 60.7 Å². The van der Waals surface area contributed by atoms with Gasteiger partial charge >= 0.3 is 0 Å². The molecular formula is C16H12N4S5. The second-order valence-electron chi connectivity index (χ2n) is 4.59. The number of rotatable bonds is 4. The van der Waals surface area contributed by atoms with Crippen LogP contribution in [0.15, 0.2) is 69.3 Å². The maximum Gasteiger partial charge on any atom is 0.182 e. The van der Waals surface area contributed by atoms with Gasteiger partial charge in [0.25, 0.3) is 0 Å². The predicted molar refractivity (Wildman–Crippen MR) is 117 cm³/mol. The van der Waals surface area contributed by atoms with Crippen molar-refractivity contribution in [3.05, 3.63) is 60.7 Å². The Bertz CT molecular complexity index is 781. The highest BCUT2D eigenvalue weighted by Crippen LogP contribution is 2.31. The average molecular weight is 421 g/mol. The van der Waals surface area contributed by atoms with Gasteiger partial charge in [-0.3, -0.25) is 0 Å². The molecule has 3 aromatic rings. The zero-order valence-corrected chi connectivity index (χ0v) is 16.8. The third-order valence-corrected chi connectivity index (χ3v) is 6.09. The van der Waals surface area contributed by atoms with Gasteiger partial charge in [0, 0.05) is 11.4 Å². The van der Waals surface area contributed by atoms with Crippen molar-refractivity contribution in [3.63, 3.8) is 0 Å². The molecule has 1 heterocycles. The molecular weight excluding hydrogens is 409 g/mol. The monoisotopic (exact) mass is 420 g/mol. The number of benzene rings is 2. The van der Waals surface area contributed by atoms with Crippen LogP contribution in [0.2, 0.25) is 0 Å². The fourth-order valence-electron chi connectivity index (χ4n) is 1.77. The molecule has 0 amide bonds. The van der Waals surface area contributed by atoms with Crippen molar-refractivity contribution in [2.75, 3.05) is 10.6 Å². The van der Waals surface area contributed by atoms with Gasteiger partial charge in [-0.25, -0.2) is 0 Å². The number of aromatic nitrogens is 2. The summed E-state index contributed by atoms with van der Waals surface area (Å²) in [5, 5.41) is 14.6. The minimum absolute atomic E-state index is 0.629. The van der Waals surface area contributed by atoms with Crippen LogP contribution in [0.5, 0.6) is 0 Å². The van der Waals surface area contributed by atoms with E-state index in [9.17, 15) is 0 Å². The topological polar surface area (TPSA) is 49.8 Å². The van der Waals surface area contributed by atoms with Gasteiger partial charge in [0.1, 0.15) is 8.64 Å². The predicted octanol–water partition coefficient (Wildman–Crippen LogP) is 5.52. The van der Waals surface area contributed by atoms with E-state index in [0.717, 1.165) is 20.1 Å². The lowest BCUT2D eigenvalue weighted by Gasteiger charge is -2.05. The molecule has 9 heteroatoms. The van der Waals surface area contributed by atoms with Crippen LogP contribution < -0.4 is 10.6 Å². The number of nitrogens with zero attached hydrogens (tertiary/aromatic N) is 2. The van der Waals surface area contributed by atoms with Gasteiger partial charge in [-0.05, 0) is 47.8 Å². The van der Waals surface area contributed by atoms with Crippen molar-refractivity contribution in [1.82, 2.24) is 10.2 Å². The molecule has 25 heavy (non-hydrogen) atoms. The Morgan fingerprint density at radius 1 is 0.720 bits per heavy atom. The molecule has 0 spiro atoms. The van der Waals surface area contributed by atoms with Gasteiger partial charge in [0.2, 0.25) is 0 Å². The Morgan fingerprint density at radius 3 is 1.52 bits per heavy atom. The minimum Gasteiger partial charge on any atom is -0.341 e. The molecule has 2 aromatic carbocycles. The first-order valence-electron chi connectivity index (χ1n) is 7.10. The molecule has 0 unspecified atom stereocenters. The third kappa shape index (κ3) is 6.05. The molecule has 2 N–H and O–H groups in total. The molecule has 0 atom stereocenters. The second-order valence-corrected chi connectivity index (χ2v) is 9.42. The molecule has 0 fully saturated rings. The van der Waals surface area contributed by atoms with E-state index in [-0.39, 0.29) is 0 Å². The van der Waals surface area contributed by atoms with Crippen LogP contribution in [-0.4, -0.2) is 18.8 Å². The van der Waals surface area contributed by atoms with Crippen LogP contribution in [0, 0.1) is 0 Å². The zero-order valence-electron chi connectivity index (χ0n) is 12.7. The van der Waals surface area contributed by atoms with Crippen LogP contribution in [0.1, 0.15) is 0 Å². The summed E-state index contributed by atoms with van der Waals surface area (Å²) in [5.41, 5.74) is 1.90. The van der Waals surface area contributed by atoms with Gasteiger partial charge in [-0.1, -0.05) is 72.2 Å². The number of anilines is 2. The molecule has 3 rings (SSSR count). The summed E-state index contributed by atoms with van der Waals surface area (Å²) >= 11 is 14.9. The third-order valence-electron chi connectivity index (χ3n) is 2.79. The number of para-hydroxylation sites is 2. The highest BCUT2D eigenvalue weighted by atomic mass is 32.2. The summed E-state index contributed by atoms with van der Waals surface area (Å²) in [5.74, 6) is 0. The lowest BCUT2D eigenvalue weighted by Crippen LogP contribution is -2.03. The fourth-order valence-corrected chi connectivity index (χ4v) is 5.39. The largest absolute Gasteiger partial charge is 0.341 e. The number of thioether (sulfide) groups is 2. The molecule has 0 saturated carbocycles. The van der Waals surface area contributed by atoms with Crippen molar-refractivity contribution in [1.29, 1.82) is 0 Å². The van der Waals surface area contributed by atoms with E-state index in [4.69, 9.17) is 24.4 Å². The molecule has 0 radical (unpaired) electrons. The molecule has 1 aromatic heterocycles. The summed E-state index contributed by atoms with van der Waals surface area (Å²) in [4.78, 5) is 0. The van der Waals surface area contributed by atoms with E-state index in [0.29, 0.717) is 8.64 Å². The van der Waals surface area contributed by atoms with Gasteiger partial charge in [-0.2, -0.15) is 0 Å². The van der Waals surface area contributed by atoms with Crippen LogP contribution in [0.3, 0.4) is 0 Å². The van der Waals surface area contributed by atoms with Crippen molar-refractivity contribution in [2.45, 2.75) is 8.68 Å². The maximum absolute atomic E-state index is 5.35. The van der Waals surface area contributed by atoms with Gasteiger partial charge in [-0.15, -0.1) is 10.2 Å². The van der Waals surface area contributed by atoms with Crippen LogP contribution >= 0.6 is 59.3 Å². The Balaban J connectivity index is 1.52. The summed E-state index contributed by atoms with van der Waals surface area (Å²) in [6.07, 6.45) is 0. The first kappa shape index (κ1) is 18.3. The SMILES string of the molecule is S=C(Nc1ccccc1)Sc1nnc(SC(=S)Nc2ccccc2)s1. The lowest BCUT2D eigenvalue weighted by atomic mass is 10.3. The Hall–Kier alpha value is -1.52. The number of thiocarbonyl (C=S) groups is 2. The summed E-state index contributed by atoms with van der Waals surface area (Å²) < 4.78 is 2.81. The van der Waals surface area contributed by atoms with E-state index in [2.05, 4.69) is 20.8 Å². The fraction of sp³-hybridized carbons (Fsp3) is 0. The standard InChI is InChI=1S/C16H12N4S5/c21-13(17-11-7-3-1-4-8-11)23-15-19-20-16(25-15)24-14(22)18-12-9-5-2-6-10-12/h1-10H,(H,17,21)(H,18,22). The van der Waals surface area contributed by atoms with Gasteiger partial charge < -0.3 is 10.6 Å². The summed E-state index contributed by atoms with van der Waals surface area (Å²) in [6.45, 7) is 0. The molecule has 0 aliphatic carbocycles. The van der Waals surface area contributed by atoms with Crippen LogP contribution in [-0.2, 0) is 0 Å². The van der Waals surface area contributed by atoms with E-state index >= 15 is 0 Å². The van der Waals surface area contributed by atoms with Crippen molar-refractivity contribution in [3.8, 4) is 0 Å². The first-order chi connectivity index (χ1) is 12.2. The van der Waals surface area contributed by atoms with Crippen molar-refractivity contribution < 1.29 is 0 Å². The number of hydrogen-bond donors (Lipinski definition) is 2. The molecule has 0 aliphatic rings. The first-order valence-corrected chi connectivity index (χ1v) is 10.4. The average Bonchev–Trinajstić information content (AvgIpc) is 3.03. The molecule has 0 aliphatic heterocycles. The Morgan fingerprint density at radius 2 is 1.12 bits per heavy atom. The Labute approximate surface area is 168 Å². The molecule has 126 valence electrons. The lowest BCUT2D eigenvalue weighted by molar-refractivity contribution is 0.958. The highest BCUT2D eigenvalue weighted by Gasteiger charge is 2.11. The van der Waals surface area contributed by atoms with Gasteiger partial charge in [0.15, 0.2) is 8.68 Å². The van der Waals surface area contributed by atoms with Crippen molar-refractivity contribution in [2.24, 2.45) is 0 Å². The normalized spacial score (nSPS) is 10.2. The maximum atomic E-state index is 5.35. The number of hydrogen-bond acceptors (Lipinski definition) is 7. The molecule has 0 saturated heterocycles. The van der Waals surface area contributed by atoms with E-state index in [1.165, 1.54) is 34.9 Å². The minimum atomic E-state index is 0.629. The summed E-state index contributed by atoms with van der Waals surface area (Å²) in [6, 6.07) is 19.6. The second kappa shape index (κ2) is 9.25. The van der Waals surface area contributed by atoms with Crippen LogP contribution in [0.25, 0.3) is 0 Å². The van der Waals surface area contributed by atoms with E-state index in [1.54, 1.807) is 0 Å². The summed E-state index contributed by atoms with van der Waals surface area (Å²) in [7, 11) is 0. The highest BCUT2D eigenvalue weighted by molar-refractivity contribution is 8.25. The molecule has 4 nitrogen and oxygen atoms in total. The van der Waals surface area contributed by atoms with Gasteiger partial charge in [0.05, 0.1) is 0 Å². The molecule has 0 bridgehead atoms. The van der Waals surface area contributed by atoms with E-state index < -0.39 is 0 Å². The number of nitrogens with one attached hydrogen (secondary N) is 2.